The Morgan fingerprint density at radius 1 is 1.00 bits per heavy atom. The summed E-state index contributed by atoms with van der Waals surface area (Å²) in [6, 6.07) is 12.3. The standard InChI is InChI=1S/C18H14Cl2N4O/c19-14-4-1-5-15(20)17(14)24-13-6-7-16(22-11-13)18(25)23-10-12-3-2-8-21-9-12/h1-9,11,24H,10H2,(H,23,25). The molecule has 0 aliphatic heterocycles. The summed E-state index contributed by atoms with van der Waals surface area (Å²) >= 11 is 12.2. The van der Waals surface area contributed by atoms with Crippen molar-refractivity contribution < 1.29 is 4.79 Å². The molecule has 0 fully saturated rings. The molecule has 0 saturated heterocycles. The molecular weight excluding hydrogens is 359 g/mol. The number of benzene rings is 1. The van der Waals surface area contributed by atoms with Crippen LogP contribution in [-0.4, -0.2) is 15.9 Å². The highest BCUT2D eigenvalue weighted by atomic mass is 35.5. The minimum absolute atomic E-state index is 0.258. The molecule has 0 radical (unpaired) electrons. The fourth-order valence-electron chi connectivity index (χ4n) is 2.14. The zero-order chi connectivity index (χ0) is 17.6. The van der Waals surface area contributed by atoms with Gasteiger partial charge in [-0.3, -0.25) is 9.78 Å². The number of anilines is 2. The van der Waals surface area contributed by atoms with E-state index < -0.39 is 0 Å². The van der Waals surface area contributed by atoms with E-state index in [4.69, 9.17) is 23.2 Å². The highest BCUT2D eigenvalue weighted by molar-refractivity contribution is 6.39. The van der Waals surface area contributed by atoms with E-state index in [1.165, 1.54) is 0 Å². The number of hydrogen-bond acceptors (Lipinski definition) is 4. The van der Waals surface area contributed by atoms with Crippen molar-refractivity contribution in [3.8, 4) is 0 Å². The molecule has 2 heterocycles. The average molecular weight is 373 g/mol. The normalized spacial score (nSPS) is 10.3. The van der Waals surface area contributed by atoms with Crippen LogP contribution < -0.4 is 10.6 Å². The van der Waals surface area contributed by atoms with Gasteiger partial charge in [-0.2, -0.15) is 0 Å². The van der Waals surface area contributed by atoms with Crippen LogP contribution >= 0.6 is 23.2 Å². The first-order chi connectivity index (χ1) is 12.1. The van der Waals surface area contributed by atoms with E-state index in [1.807, 2.05) is 12.1 Å². The molecule has 3 aromatic rings. The van der Waals surface area contributed by atoms with Gasteiger partial charge >= 0.3 is 0 Å². The van der Waals surface area contributed by atoms with Crippen LogP contribution in [0.4, 0.5) is 11.4 Å². The number of carbonyl (C=O) groups is 1. The molecule has 2 aromatic heterocycles. The van der Waals surface area contributed by atoms with Crippen molar-refractivity contribution in [2.24, 2.45) is 0 Å². The molecule has 2 N–H and O–H groups in total. The van der Waals surface area contributed by atoms with E-state index in [0.717, 1.165) is 5.56 Å². The lowest BCUT2D eigenvalue weighted by molar-refractivity contribution is 0.0946. The van der Waals surface area contributed by atoms with Gasteiger partial charge in [-0.15, -0.1) is 0 Å². The summed E-state index contributed by atoms with van der Waals surface area (Å²) in [7, 11) is 0. The second kappa shape index (κ2) is 7.96. The zero-order valence-corrected chi connectivity index (χ0v) is 14.6. The number of nitrogens with zero attached hydrogens (tertiary/aromatic N) is 2. The fraction of sp³-hybridized carbons (Fsp3) is 0.0556. The first-order valence-electron chi connectivity index (χ1n) is 7.47. The molecule has 126 valence electrons. The van der Waals surface area contributed by atoms with Crippen molar-refractivity contribution in [2.45, 2.75) is 6.54 Å². The van der Waals surface area contributed by atoms with Gasteiger partial charge in [-0.25, -0.2) is 4.98 Å². The molecule has 1 amide bonds. The summed E-state index contributed by atoms with van der Waals surface area (Å²) in [5.74, 6) is -0.258. The van der Waals surface area contributed by atoms with Gasteiger partial charge in [-0.05, 0) is 35.9 Å². The largest absolute Gasteiger partial charge is 0.352 e. The van der Waals surface area contributed by atoms with Crippen LogP contribution in [0.5, 0.6) is 0 Å². The predicted molar refractivity (Wildman–Crippen MR) is 99.4 cm³/mol. The second-order valence-corrected chi connectivity index (χ2v) is 6.01. The molecule has 0 spiro atoms. The minimum Gasteiger partial charge on any atom is -0.352 e. The Bertz CT molecular complexity index is 850. The molecule has 0 unspecified atom stereocenters. The van der Waals surface area contributed by atoms with Crippen LogP contribution in [0.1, 0.15) is 16.1 Å². The highest BCUT2D eigenvalue weighted by Crippen LogP contribution is 2.32. The fourth-order valence-corrected chi connectivity index (χ4v) is 2.63. The van der Waals surface area contributed by atoms with Gasteiger partial charge in [0, 0.05) is 18.9 Å². The molecule has 0 atom stereocenters. The van der Waals surface area contributed by atoms with Gasteiger partial charge in [0.25, 0.3) is 5.91 Å². The zero-order valence-electron chi connectivity index (χ0n) is 13.0. The van der Waals surface area contributed by atoms with Gasteiger partial charge < -0.3 is 10.6 Å². The Labute approximate surface area is 155 Å². The van der Waals surface area contributed by atoms with Crippen LogP contribution in [0.25, 0.3) is 0 Å². The van der Waals surface area contributed by atoms with E-state index >= 15 is 0 Å². The topological polar surface area (TPSA) is 66.9 Å². The van der Waals surface area contributed by atoms with Crippen LogP contribution in [-0.2, 0) is 6.54 Å². The van der Waals surface area contributed by atoms with E-state index in [9.17, 15) is 4.79 Å². The van der Waals surface area contributed by atoms with Crippen LogP contribution in [0.15, 0.2) is 61.1 Å². The SMILES string of the molecule is O=C(NCc1cccnc1)c1ccc(Nc2c(Cl)cccc2Cl)cn1. The lowest BCUT2D eigenvalue weighted by Crippen LogP contribution is -2.23. The van der Waals surface area contributed by atoms with Crippen LogP contribution in [0.2, 0.25) is 10.0 Å². The summed E-state index contributed by atoms with van der Waals surface area (Å²) in [5.41, 5.74) is 2.52. The number of amides is 1. The van der Waals surface area contributed by atoms with Crippen molar-refractivity contribution >= 4 is 40.5 Å². The molecule has 5 nitrogen and oxygen atoms in total. The smallest absolute Gasteiger partial charge is 0.270 e. The molecule has 0 saturated carbocycles. The molecular formula is C18H14Cl2N4O. The lowest BCUT2D eigenvalue weighted by Gasteiger charge is -2.10. The summed E-state index contributed by atoms with van der Waals surface area (Å²) in [4.78, 5) is 20.3. The number of aromatic nitrogens is 2. The second-order valence-electron chi connectivity index (χ2n) is 5.20. The lowest BCUT2D eigenvalue weighted by atomic mass is 10.2. The number of halogens is 2. The maximum Gasteiger partial charge on any atom is 0.270 e. The maximum atomic E-state index is 12.1. The number of nitrogens with one attached hydrogen (secondary N) is 2. The number of hydrogen-bond donors (Lipinski definition) is 2. The predicted octanol–water partition coefficient (Wildman–Crippen LogP) is 4.46. The van der Waals surface area contributed by atoms with Crippen LogP contribution in [0.3, 0.4) is 0 Å². The molecule has 3 rings (SSSR count). The molecule has 0 bridgehead atoms. The van der Waals surface area contributed by atoms with Crippen molar-refractivity contribution in [1.82, 2.24) is 15.3 Å². The Kier molecular flexibility index (Phi) is 5.48. The molecule has 25 heavy (non-hydrogen) atoms. The molecule has 0 aliphatic carbocycles. The van der Waals surface area contributed by atoms with E-state index in [0.29, 0.717) is 33.7 Å². The third kappa shape index (κ3) is 4.47. The van der Waals surface area contributed by atoms with Gasteiger partial charge in [0.15, 0.2) is 0 Å². The Morgan fingerprint density at radius 2 is 1.80 bits per heavy atom. The first-order valence-corrected chi connectivity index (χ1v) is 8.23. The third-order valence-electron chi connectivity index (χ3n) is 3.40. The third-order valence-corrected chi connectivity index (χ3v) is 4.03. The van der Waals surface area contributed by atoms with Crippen molar-refractivity contribution in [3.05, 3.63) is 82.4 Å². The van der Waals surface area contributed by atoms with Gasteiger partial charge in [0.1, 0.15) is 5.69 Å². The molecule has 7 heteroatoms. The monoisotopic (exact) mass is 372 g/mol. The van der Waals surface area contributed by atoms with Crippen molar-refractivity contribution in [1.29, 1.82) is 0 Å². The van der Waals surface area contributed by atoms with E-state index in [2.05, 4.69) is 20.6 Å². The van der Waals surface area contributed by atoms with Crippen molar-refractivity contribution in [2.75, 3.05) is 5.32 Å². The Hall–Kier alpha value is -2.63. The maximum absolute atomic E-state index is 12.1. The summed E-state index contributed by atoms with van der Waals surface area (Å²) in [6.07, 6.45) is 4.94. The number of para-hydroxylation sites is 1. The Morgan fingerprint density at radius 3 is 2.44 bits per heavy atom. The minimum atomic E-state index is -0.258. The quantitative estimate of drug-likeness (QED) is 0.693. The van der Waals surface area contributed by atoms with E-state index in [-0.39, 0.29) is 5.91 Å². The van der Waals surface area contributed by atoms with Crippen molar-refractivity contribution in [3.63, 3.8) is 0 Å². The van der Waals surface area contributed by atoms with Gasteiger partial charge in [0.05, 0.1) is 27.6 Å². The highest BCUT2D eigenvalue weighted by Gasteiger charge is 2.09. The molecule has 0 aliphatic rings. The van der Waals surface area contributed by atoms with Gasteiger partial charge in [-0.1, -0.05) is 35.3 Å². The summed E-state index contributed by atoms with van der Waals surface area (Å²) < 4.78 is 0. The number of pyridine rings is 2. The summed E-state index contributed by atoms with van der Waals surface area (Å²) in [5, 5.41) is 6.91. The van der Waals surface area contributed by atoms with Crippen LogP contribution in [0, 0.1) is 0 Å². The first kappa shape index (κ1) is 17.2. The van der Waals surface area contributed by atoms with E-state index in [1.54, 1.807) is 48.9 Å². The average Bonchev–Trinajstić information content (AvgIpc) is 2.64. The number of rotatable bonds is 5. The van der Waals surface area contributed by atoms with Gasteiger partial charge in [0.2, 0.25) is 0 Å². The molecule has 1 aromatic carbocycles. The summed E-state index contributed by atoms with van der Waals surface area (Å²) in [6.45, 7) is 0.392. The number of carbonyl (C=O) groups excluding carboxylic acids is 1. The Balaban J connectivity index is 1.64.